The first-order chi connectivity index (χ1) is 24.7. The average molecular weight is 700 g/mol. The van der Waals surface area contributed by atoms with Crippen molar-refractivity contribution in [3.63, 3.8) is 0 Å². The molecule has 1 saturated heterocycles. The van der Waals surface area contributed by atoms with E-state index in [2.05, 4.69) is 0 Å². The van der Waals surface area contributed by atoms with Crippen molar-refractivity contribution < 1.29 is 61.9 Å². The predicted molar refractivity (Wildman–Crippen MR) is 172 cm³/mol. The Hall–Kier alpha value is -6.51. The zero-order chi connectivity index (χ0) is 35.6. The number of hydrogen-bond donors (Lipinski definition) is 0. The van der Waals surface area contributed by atoms with E-state index in [1.54, 1.807) is 36.4 Å². The quantitative estimate of drug-likeness (QED) is 0.0630. The Balaban J connectivity index is 1.23. The lowest BCUT2D eigenvalue weighted by molar-refractivity contribution is -0.384. The number of hydrogen-bond acceptors (Lipinski definition) is 14. The van der Waals surface area contributed by atoms with Crippen LogP contribution >= 0.6 is 0 Å². The molecule has 4 aromatic carbocycles. The Kier molecular flexibility index (Phi) is 8.92. The highest BCUT2D eigenvalue weighted by Gasteiger charge is 2.54. The molecule has 0 radical (unpaired) electrons. The van der Waals surface area contributed by atoms with Gasteiger partial charge in [0.2, 0.25) is 12.5 Å². The van der Waals surface area contributed by atoms with E-state index >= 15 is 0 Å². The number of rotatable bonds is 9. The number of ether oxygens (including phenoxy) is 9. The van der Waals surface area contributed by atoms with E-state index in [1.165, 1.54) is 38.5 Å². The second kappa shape index (κ2) is 13.8. The SMILES string of the molecule is COc1cc([C@@H]2c3cc4c(cc3[C@@H](OC(=O)Oc3ccc([N+](=O)[O-])cc3)[C@@H]3COC(=O)[C@@H]23)OCO4)cc(OC)c1OC(=O)OCc1ccccc1. The molecular weight excluding hydrogens is 670 g/mol. The molecule has 7 rings (SSSR count). The van der Waals surface area contributed by atoms with Crippen LogP contribution in [0, 0.1) is 22.0 Å². The largest absolute Gasteiger partial charge is 0.514 e. The van der Waals surface area contributed by atoms with Crippen LogP contribution in [0.3, 0.4) is 0 Å². The van der Waals surface area contributed by atoms with Crippen molar-refractivity contribution in [1.29, 1.82) is 0 Å². The Bertz CT molecular complexity index is 1970. The van der Waals surface area contributed by atoms with Crippen LogP contribution in [0.4, 0.5) is 15.3 Å². The van der Waals surface area contributed by atoms with E-state index in [0.29, 0.717) is 28.2 Å². The maximum atomic E-state index is 13.5. The Morgan fingerprint density at radius 3 is 2.16 bits per heavy atom. The maximum absolute atomic E-state index is 13.5. The minimum atomic E-state index is -1.10. The van der Waals surface area contributed by atoms with Gasteiger partial charge in [0.15, 0.2) is 23.0 Å². The molecule has 262 valence electrons. The van der Waals surface area contributed by atoms with Gasteiger partial charge in [0.25, 0.3) is 5.69 Å². The summed E-state index contributed by atoms with van der Waals surface area (Å²) < 4.78 is 50.2. The van der Waals surface area contributed by atoms with Crippen LogP contribution in [0.1, 0.15) is 34.3 Å². The molecule has 0 saturated carbocycles. The third-order valence-electron chi connectivity index (χ3n) is 8.82. The first-order valence-corrected chi connectivity index (χ1v) is 15.6. The van der Waals surface area contributed by atoms with E-state index in [4.69, 9.17) is 42.6 Å². The van der Waals surface area contributed by atoms with Crippen molar-refractivity contribution in [2.75, 3.05) is 27.6 Å². The van der Waals surface area contributed by atoms with Gasteiger partial charge in [0.05, 0.1) is 31.7 Å². The van der Waals surface area contributed by atoms with Gasteiger partial charge in [0.1, 0.15) is 18.5 Å². The molecule has 4 aromatic rings. The summed E-state index contributed by atoms with van der Waals surface area (Å²) in [5.74, 6) is -1.75. The van der Waals surface area contributed by atoms with Gasteiger partial charge in [-0.25, -0.2) is 9.59 Å². The highest BCUT2D eigenvalue weighted by molar-refractivity contribution is 5.79. The predicted octanol–water partition coefficient (Wildman–Crippen LogP) is 6.25. The zero-order valence-corrected chi connectivity index (χ0v) is 27.1. The second-order valence-corrected chi connectivity index (χ2v) is 11.7. The number of nitro groups is 1. The average Bonchev–Trinajstić information content (AvgIpc) is 3.76. The van der Waals surface area contributed by atoms with Crippen LogP contribution in [0.15, 0.2) is 78.9 Å². The van der Waals surface area contributed by atoms with Gasteiger partial charge >= 0.3 is 18.3 Å². The molecule has 0 amide bonds. The van der Waals surface area contributed by atoms with Crippen LogP contribution in [-0.4, -0.2) is 50.8 Å². The number of methoxy groups -OCH3 is 2. The van der Waals surface area contributed by atoms with Crippen LogP contribution in [0.2, 0.25) is 0 Å². The number of nitro benzene ring substituents is 1. The number of carbonyl (C=O) groups is 3. The topological polar surface area (TPSA) is 177 Å². The Labute approximate surface area is 289 Å². The molecule has 2 heterocycles. The molecule has 0 N–H and O–H groups in total. The molecule has 51 heavy (non-hydrogen) atoms. The molecule has 3 aliphatic rings. The lowest BCUT2D eigenvalue weighted by Gasteiger charge is -2.38. The number of esters is 1. The normalized spacial score (nSPS) is 19.5. The van der Waals surface area contributed by atoms with Gasteiger partial charge in [-0.2, -0.15) is 0 Å². The van der Waals surface area contributed by atoms with Gasteiger partial charge < -0.3 is 42.6 Å². The lowest BCUT2D eigenvalue weighted by atomic mass is 9.66. The summed E-state index contributed by atoms with van der Waals surface area (Å²) in [5, 5.41) is 11.0. The van der Waals surface area contributed by atoms with E-state index in [-0.39, 0.29) is 48.7 Å². The fourth-order valence-electron chi connectivity index (χ4n) is 6.53. The molecule has 0 spiro atoms. The van der Waals surface area contributed by atoms with E-state index in [9.17, 15) is 24.5 Å². The number of carbonyl (C=O) groups excluding carboxylic acids is 3. The summed E-state index contributed by atoms with van der Waals surface area (Å²) in [4.78, 5) is 49.8. The molecular formula is C36H29NO14. The van der Waals surface area contributed by atoms with Crippen LogP contribution in [0.5, 0.6) is 34.5 Å². The zero-order valence-electron chi connectivity index (χ0n) is 27.1. The van der Waals surface area contributed by atoms with Crippen molar-refractivity contribution in [2.45, 2.75) is 18.6 Å². The lowest BCUT2D eigenvalue weighted by Crippen LogP contribution is -2.37. The van der Waals surface area contributed by atoms with E-state index in [1.807, 2.05) is 18.2 Å². The van der Waals surface area contributed by atoms with Crippen molar-refractivity contribution in [1.82, 2.24) is 0 Å². The van der Waals surface area contributed by atoms with Crippen LogP contribution in [0.25, 0.3) is 0 Å². The van der Waals surface area contributed by atoms with Gasteiger partial charge in [0, 0.05) is 29.5 Å². The molecule has 0 unspecified atom stereocenters. The number of cyclic esters (lactones) is 1. The summed E-state index contributed by atoms with van der Waals surface area (Å²) in [6, 6.07) is 20.6. The monoisotopic (exact) mass is 699 g/mol. The fourth-order valence-corrected chi connectivity index (χ4v) is 6.53. The van der Waals surface area contributed by atoms with Crippen LogP contribution in [-0.2, 0) is 25.6 Å². The molecule has 0 aromatic heterocycles. The highest BCUT2D eigenvalue weighted by Crippen LogP contribution is 2.56. The second-order valence-electron chi connectivity index (χ2n) is 11.7. The van der Waals surface area contributed by atoms with Gasteiger partial charge in [-0.3, -0.25) is 14.9 Å². The minimum Gasteiger partial charge on any atom is -0.493 e. The van der Waals surface area contributed by atoms with Crippen molar-refractivity contribution in [3.8, 4) is 34.5 Å². The fraction of sp³-hybridized carbons (Fsp3) is 0.250. The third kappa shape index (κ3) is 6.48. The molecule has 0 bridgehead atoms. The summed E-state index contributed by atoms with van der Waals surface area (Å²) >= 11 is 0. The summed E-state index contributed by atoms with van der Waals surface area (Å²) in [6.07, 6.45) is -3.12. The molecule has 15 heteroatoms. The van der Waals surface area contributed by atoms with Crippen LogP contribution < -0.4 is 28.4 Å². The highest BCUT2D eigenvalue weighted by atomic mass is 16.7. The minimum absolute atomic E-state index is 0.0194. The number of nitrogens with zero attached hydrogens (tertiary/aromatic N) is 1. The summed E-state index contributed by atoms with van der Waals surface area (Å²) in [6.45, 7) is -0.140. The molecule has 2 aliphatic heterocycles. The molecule has 15 nitrogen and oxygen atoms in total. The molecule has 1 fully saturated rings. The third-order valence-corrected chi connectivity index (χ3v) is 8.82. The van der Waals surface area contributed by atoms with Gasteiger partial charge in [-0.05, 0) is 53.1 Å². The Morgan fingerprint density at radius 2 is 1.51 bits per heavy atom. The van der Waals surface area contributed by atoms with Crippen molar-refractivity contribution in [3.05, 3.63) is 111 Å². The first-order valence-electron chi connectivity index (χ1n) is 15.6. The number of fused-ring (bicyclic) bond motifs is 3. The first kappa shape index (κ1) is 33.0. The smallest absolute Gasteiger partial charge is 0.493 e. The van der Waals surface area contributed by atoms with E-state index < -0.39 is 47.1 Å². The maximum Gasteiger partial charge on any atom is 0.514 e. The van der Waals surface area contributed by atoms with Crippen molar-refractivity contribution >= 4 is 24.0 Å². The number of non-ortho nitro benzene ring substituents is 1. The molecule has 1 aliphatic carbocycles. The Morgan fingerprint density at radius 1 is 0.843 bits per heavy atom. The standard InChI is InChI=1S/C36H29NO14/c1-43-28-12-20(13-29(44-2)33(28)51-35(39)46-16-19-6-4-3-5-7-19)30-23-14-26-27(48-18-47-26)15-24(23)32(25-17-45-34(38)31(25)30)50-36(40)49-22-10-8-21(9-11-22)37(41)42/h3-15,25,30-32H,16-18H2,1-2H3/t25-,30-,31-,32-/m1/s1. The molecule has 4 atom stereocenters. The summed E-state index contributed by atoms with van der Waals surface area (Å²) in [7, 11) is 2.78. The number of benzene rings is 4. The van der Waals surface area contributed by atoms with Gasteiger partial charge in [-0.1, -0.05) is 30.3 Å². The van der Waals surface area contributed by atoms with Crippen molar-refractivity contribution in [2.24, 2.45) is 11.8 Å². The van der Waals surface area contributed by atoms with E-state index in [0.717, 1.165) is 5.56 Å². The summed E-state index contributed by atoms with van der Waals surface area (Å²) in [5.41, 5.74) is 2.19. The van der Waals surface area contributed by atoms with Gasteiger partial charge in [-0.15, -0.1) is 0 Å².